The number of nitrogens with one attached hydrogen (secondary N) is 1. The van der Waals surface area contributed by atoms with Crippen LogP contribution in [0.3, 0.4) is 0 Å². The first-order chi connectivity index (χ1) is 7.90. The summed E-state index contributed by atoms with van der Waals surface area (Å²) < 4.78 is 0.816. The van der Waals surface area contributed by atoms with Crippen LogP contribution < -0.4 is 11.1 Å². The third-order valence-corrected chi connectivity index (χ3v) is 2.94. The monoisotopic (exact) mass is 337 g/mol. The maximum absolute atomic E-state index is 6.05. The molecule has 1 aromatic rings. The smallest absolute Gasteiger partial charge is 0.193 e. The average Bonchev–Trinajstić information content (AvgIpc) is 2.20. The lowest BCUT2D eigenvalue weighted by Crippen LogP contribution is -2.23. The number of rotatable bonds is 3. The molecule has 0 aliphatic carbocycles. The first kappa shape index (κ1) is 14.6. The summed E-state index contributed by atoms with van der Waals surface area (Å²) in [5.41, 5.74) is 6.31. The number of hydrogen-bond donors (Lipinski definition) is 2. The van der Waals surface area contributed by atoms with Crippen molar-refractivity contribution in [3.8, 4) is 0 Å². The molecule has 6 heteroatoms. The molecular weight excluding hydrogens is 325 g/mol. The SMILES string of the molecule is CC(C)CN=C(N)Nc1c(Cl)cc(Br)cc1Cl. The fourth-order valence-corrected chi connectivity index (χ4v) is 2.41. The number of hydrogen-bond acceptors (Lipinski definition) is 1. The van der Waals surface area contributed by atoms with Crippen LogP contribution in [0.2, 0.25) is 10.0 Å². The molecule has 0 amide bonds. The Morgan fingerprint density at radius 1 is 1.41 bits per heavy atom. The first-order valence-electron chi connectivity index (χ1n) is 5.11. The van der Waals surface area contributed by atoms with E-state index >= 15 is 0 Å². The van der Waals surface area contributed by atoms with Crippen molar-refractivity contribution in [2.24, 2.45) is 16.6 Å². The molecule has 17 heavy (non-hydrogen) atoms. The van der Waals surface area contributed by atoms with Crippen molar-refractivity contribution in [1.29, 1.82) is 0 Å². The van der Waals surface area contributed by atoms with Crippen molar-refractivity contribution in [2.45, 2.75) is 13.8 Å². The molecule has 0 spiro atoms. The second kappa shape index (κ2) is 6.47. The molecule has 1 aromatic carbocycles. The molecule has 0 bridgehead atoms. The number of guanidine groups is 1. The maximum atomic E-state index is 6.05. The molecule has 1 rings (SSSR count). The normalized spacial score (nSPS) is 12.0. The van der Waals surface area contributed by atoms with Gasteiger partial charge in [-0.3, -0.25) is 4.99 Å². The van der Waals surface area contributed by atoms with Gasteiger partial charge in [0.15, 0.2) is 5.96 Å². The highest BCUT2D eigenvalue weighted by molar-refractivity contribution is 9.10. The Labute approximate surface area is 120 Å². The molecule has 0 saturated heterocycles. The zero-order valence-corrected chi connectivity index (χ0v) is 12.7. The number of benzene rings is 1. The molecule has 0 aliphatic rings. The van der Waals surface area contributed by atoms with Crippen LogP contribution in [0.25, 0.3) is 0 Å². The number of anilines is 1. The fraction of sp³-hybridized carbons (Fsp3) is 0.364. The van der Waals surface area contributed by atoms with Crippen LogP contribution in [0.15, 0.2) is 21.6 Å². The van der Waals surface area contributed by atoms with Gasteiger partial charge < -0.3 is 11.1 Å². The molecule has 0 unspecified atom stereocenters. The van der Waals surface area contributed by atoms with Crippen molar-refractivity contribution in [1.82, 2.24) is 0 Å². The van der Waals surface area contributed by atoms with E-state index in [1.165, 1.54) is 0 Å². The van der Waals surface area contributed by atoms with E-state index in [9.17, 15) is 0 Å². The third kappa shape index (κ3) is 4.74. The van der Waals surface area contributed by atoms with Gasteiger partial charge in [0, 0.05) is 11.0 Å². The van der Waals surface area contributed by atoms with Crippen molar-refractivity contribution in [3.05, 3.63) is 26.7 Å². The molecule has 0 heterocycles. The van der Waals surface area contributed by atoms with Gasteiger partial charge in [0.2, 0.25) is 0 Å². The molecule has 0 saturated carbocycles. The minimum Gasteiger partial charge on any atom is -0.370 e. The Hall–Kier alpha value is -0.450. The van der Waals surface area contributed by atoms with E-state index in [-0.39, 0.29) is 0 Å². The van der Waals surface area contributed by atoms with Crippen LogP contribution in [0.4, 0.5) is 5.69 Å². The van der Waals surface area contributed by atoms with Crippen molar-refractivity contribution in [2.75, 3.05) is 11.9 Å². The first-order valence-corrected chi connectivity index (χ1v) is 6.66. The van der Waals surface area contributed by atoms with Gasteiger partial charge in [-0.25, -0.2) is 0 Å². The van der Waals surface area contributed by atoms with Crippen LogP contribution in [-0.4, -0.2) is 12.5 Å². The zero-order valence-electron chi connectivity index (χ0n) is 9.60. The highest BCUT2D eigenvalue weighted by Gasteiger charge is 2.08. The van der Waals surface area contributed by atoms with Crippen LogP contribution >= 0.6 is 39.1 Å². The van der Waals surface area contributed by atoms with E-state index in [0.717, 1.165) is 4.47 Å². The largest absolute Gasteiger partial charge is 0.370 e. The second-order valence-electron chi connectivity index (χ2n) is 3.99. The summed E-state index contributed by atoms with van der Waals surface area (Å²) in [5, 5.41) is 3.89. The fourth-order valence-electron chi connectivity index (χ4n) is 1.11. The summed E-state index contributed by atoms with van der Waals surface area (Å²) in [5.74, 6) is 0.760. The van der Waals surface area contributed by atoms with Crippen molar-refractivity contribution >= 4 is 50.8 Å². The van der Waals surface area contributed by atoms with Crippen molar-refractivity contribution in [3.63, 3.8) is 0 Å². The Morgan fingerprint density at radius 3 is 2.41 bits per heavy atom. The van der Waals surface area contributed by atoms with Crippen LogP contribution in [0, 0.1) is 5.92 Å². The molecule has 0 atom stereocenters. The lowest BCUT2D eigenvalue weighted by Gasteiger charge is -2.10. The van der Waals surface area contributed by atoms with Crippen LogP contribution in [0.1, 0.15) is 13.8 Å². The number of nitrogens with two attached hydrogens (primary N) is 1. The Bertz CT molecular complexity index is 410. The van der Waals surface area contributed by atoms with Gasteiger partial charge >= 0.3 is 0 Å². The van der Waals surface area contributed by atoms with E-state index in [2.05, 4.69) is 40.1 Å². The summed E-state index contributed by atoms with van der Waals surface area (Å²) in [4.78, 5) is 4.18. The summed E-state index contributed by atoms with van der Waals surface area (Å²) in [7, 11) is 0. The van der Waals surface area contributed by atoms with E-state index < -0.39 is 0 Å². The van der Waals surface area contributed by atoms with Gasteiger partial charge in [-0.15, -0.1) is 0 Å². The lowest BCUT2D eigenvalue weighted by molar-refractivity contribution is 0.665. The molecule has 94 valence electrons. The van der Waals surface area contributed by atoms with Gasteiger partial charge in [-0.1, -0.05) is 53.0 Å². The summed E-state index contributed by atoms with van der Waals surface area (Å²) in [6.07, 6.45) is 0. The van der Waals surface area contributed by atoms with Crippen LogP contribution in [0.5, 0.6) is 0 Å². The van der Waals surface area contributed by atoms with E-state index in [1.54, 1.807) is 12.1 Å². The molecule has 0 radical (unpaired) electrons. The predicted molar refractivity (Wildman–Crippen MR) is 79.1 cm³/mol. The van der Waals surface area contributed by atoms with Gasteiger partial charge in [0.25, 0.3) is 0 Å². The molecule has 3 N–H and O–H groups in total. The summed E-state index contributed by atoms with van der Waals surface area (Å²) >= 11 is 15.4. The third-order valence-electron chi connectivity index (χ3n) is 1.89. The molecule has 0 aromatic heterocycles. The maximum Gasteiger partial charge on any atom is 0.193 e. The summed E-state index contributed by atoms with van der Waals surface area (Å²) in [6, 6.07) is 3.48. The van der Waals surface area contributed by atoms with Gasteiger partial charge in [-0.2, -0.15) is 0 Å². The number of halogens is 3. The Balaban J connectivity index is 2.85. The van der Waals surface area contributed by atoms with Gasteiger partial charge in [0.1, 0.15) is 0 Å². The average molecular weight is 339 g/mol. The highest BCUT2D eigenvalue weighted by Crippen LogP contribution is 2.33. The molecular formula is C11H14BrCl2N3. The molecule has 0 fully saturated rings. The quantitative estimate of drug-likeness (QED) is 0.642. The van der Waals surface area contributed by atoms with E-state index in [0.29, 0.717) is 34.2 Å². The highest BCUT2D eigenvalue weighted by atomic mass is 79.9. The standard InChI is InChI=1S/C11H14BrCl2N3/c1-6(2)5-16-11(15)17-10-8(13)3-7(12)4-9(10)14/h3-4,6H,5H2,1-2H3,(H3,15,16,17). The minimum absolute atomic E-state index is 0.310. The lowest BCUT2D eigenvalue weighted by atomic mass is 10.2. The Kier molecular flexibility index (Phi) is 5.56. The minimum atomic E-state index is 0.310. The van der Waals surface area contributed by atoms with E-state index in [1.807, 2.05) is 0 Å². The second-order valence-corrected chi connectivity index (χ2v) is 5.72. The van der Waals surface area contributed by atoms with Gasteiger partial charge in [-0.05, 0) is 18.1 Å². The zero-order chi connectivity index (χ0) is 13.0. The predicted octanol–water partition coefficient (Wildman–Crippen LogP) is 4.14. The van der Waals surface area contributed by atoms with Crippen LogP contribution in [-0.2, 0) is 0 Å². The Morgan fingerprint density at radius 2 is 1.94 bits per heavy atom. The molecule has 0 aliphatic heterocycles. The number of aliphatic imine (C=N–C) groups is 1. The molecule has 3 nitrogen and oxygen atoms in total. The summed E-state index contributed by atoms with van der Waals surface area (Å²) in [6.45, 7) is 4.79. The van der Waals surface area contributed by atoms with Crippen molar-refractivity contribution < 1.29 is 0 Å². The van der Waals surface area contributed by atoms with E-state index in [4.69, 9.17) is 28.9 Å². The number of nitrogens with zero attached hydrogens (tertiary/aromatic N) is 1. The topological polar surface area (TPSA) is 50.4 Å². The van der Waals surface area contributed by atoms with Gasteiger partial charge in [0.05, 0.1) is 15.7 Å².